The van der Waals surface area contributed by atoms with Crippen LogP contribution in [0.5, 0.6) is 0 Å². The maximum absolute atomic E-state index is 7.66. The summed E-state index contributed by atoms with van der Waals surface area (Å²) in [6, 6.07) is 13.3. The van der Waals surface area contributed by atoms with Crippen LogP contribution in [0.25, 0.3) is 11.3 Å². The maximum Gasteiger partial charge on any atom is 0.0705 e. The largest absolute Gasteiger partial charge is 0.252 e. The molecule has 0 aliphatic heterocycles. The second-order valence-corrected chi connectivity index (χ2v) is 5.21. The number of aromatic nitrogens is 1. The molecule has 0 spiro atoms. The molecule has 0 amide bonds. The molecular weight excluding hydrogens is 206 g/mol. The summed E-state index contributed by atoms with van der Waals surface area (Å²) in [6.45, 7) is 3.82. The molecular formula is C16H19N. The van der Waals surface area contributed by atoms with Gasteiger partial charge in [0.2, 0.25) is 0 Å². The number of benzene rings is 1. The third kappa shape index (κ3) is 2.55. The predicted octanol–water partition coefficient (Wildman–Crippen LogP) is 4.35. The fourth-order valence-corrected chi connectivity index (χ4v) is 1.80. The zero-order valence-corrected chi connectivity index (χ0v) is 10.5. The van der Waals surface area contributed by atoms with E-state index in [4.69, 9.17) is 4.11 Å². The van der Waals surface area contributed by atoms with Crippen LogP contribution in [0.15, 0.2) is 42.5 Å². The van der Waals surface area contributed by atoms with Crippen LogP contribution in [0.3, 0.4) is 0 Å². The normalized spacial score (nSPS) is 14.9. The van der Waals surface area contributed by atoms with Crippen LogP contribution in [0.1, 0.15) is 36.1 Å². The van der Waals surface area contributed by atoms with Gasteiger partial charge in [-0.25, -0.2) is 0 Å². The predicted molar refractivity (Wildman–Crippen MR) is 73.1 cm³/mol. The van der Waals surface area contributed by atoms with Gasteiger partial charge < -0.3 is 0 Å². The van der Waals surface area contributed by atoms with Gasteiger partial charge in [0.1, 0.15) is 0 Å². The lowest BCUT2D eigenvalue weighted by Crippen LogP contribution is -2.15. The van der Waals surface area contributed by atoms with E-state index in [1.807, 2.05) is 51.1 Å². The maximum atomic E-state index is 7.66. The van der Waals surface area contributed by atoms with Crippen molar-refractivity contribution in [1.82, 2.24) is 4.98 Å². The van der Waals surface area contributed by atoms with Crippen LogP contribution in [0.2, 0.25) is 0 Å². The minimum absolute atomic E-state index is 0.311. The fraction of sp³-hybridized carbons (Fsp3) is 0.312. The SMILES string of the molecule is [2H]C([2H])([2H])c1ccc(-c2ccccc2)nc1C(C)(C)C. The Bertz CT molecular complexity index is 595. The Morgan fingerprint density at radius 1 is 1.00 bits per heavy atom. The molecule has 0 aliphatic carbocycles. The molecule has 1 aromatic heterocycles. The number of rotatable bonds is 1. The van der Waals surface area contributed by atoms with Gasteiger partial charge in [0.25, 0.3) is 0 Å². The van der Waals surface area contributed by atoms with Gasteiger partial charge in [0.15, 0.2) is 0 Å². The summed E-state index contributed by atoms with van der Waals surface area (Å²) in [5.41, 5.74) is 2.47. The lowest BCUT2D eigenvalue weighted by Gasteiger charge is -2.21. The molecule has 0 bridgehead atoms. The van der Waals surface area contributed by atoms with Gasteiger partial charge in [-0.2, -0.15) is 0 Å². The van der Waals surface area contributed by atoms with Crippen LogP contribution in [-0.2, 0) is 5.41 Å². The minimum Gasteiger partial charge on any atom is -0.252 e. The second kappa shape index (κ2) is 4.33. The number of pyridine rings is 1. The third-order valence-electron chi connectivity index (χ3n) is 2.68. The Balaban J connectivity index is 2.62. The first-order valence-electron chi connectivity index (χ1n) is 7.27. The van der Waals surface area contributed by atoms with Crippen molar-refractivity contribution < 1.29 is 4.11 Å². The molecule has 1 heterocycles. The molecule has 17 heavy (non-hydrogen) atoms. The summed E-state index contributed by atoms with van der Waals surface area (Å²) >= 11 is 0. The summed E-state index contributed by atoms with van der Waals surface area (Å²) in [7, 11) is 0. The topological polar surface area (TPSA) is 12.9 Å². The van der Waals surface area contributed by atoms with Crippen LogP contribution in [-0.4, -0.2) is 4.98 Å². The average Bonchev–Trinajstić information content (AvgIpc) is 2.37. The molecule has 0 aliphatic rings. The van der Waals surface area contributed by atoms with Gasteiger partial charge in [-0.05, 0) is 18.5 Å². The van der Waals surface area contributed by atoms with Gasteiger partial charge in [0, 0.05) is 20.8 Å². The Morgan fingerprint density at radius 3 is 2.29 bits per heavy atom. The van der Waals surface area contributed by atoms with Gasteiger partial charge >= 0.3 is 0 Å². The molecule has 2 rings (SSSR count). The van der Waals surface area contributed by atoms with E-state index in [-0.39, 0.29) is 5.41 Å². The second-order valence-electron chi connectivity index (χ2n) is 5.21. The lowest BCUT2D eigenvalue weighted by molar-refractivity contribution is 0.565. The van der Waals surface area contributed by atoms with E-state index < -0.39 is 6.85 Å². The monoisotopic (exact) mass is 228 g/mol. The van der Waals surface area contributed by atoms with E-state index in [0.717, 1.165) is 11.3 Å². The minimum atomic E-state index is -2.13. The van der Waals surface area contributed by atoms with Crippen molar-refractivity contribution in [2.24, 2.45) is 0 Å². The van der Waals surface area contributed by atoms with Gasteiger partial charge in [0.05, 0.1) is 5.69 Å². The lowest BCUT2D eigenvalue weighted by atomic mass is 9.88. The molecule has 0 saturated carbocycles. The molecule has 0 unspecified atom stereocenters. The van der Waals surface area contributed by atoms with Crippen LogP contribution >= 0.6 is 0 Å². The molecule has 88 valence electrons. The van der Waals surface area contributed by atoms with Crippen molar-refractivity contribution in [3.8, 4) is 11.3 Å². The molecule has 0 fully saturated rings. The van der Waals surface area contributed by atoms with Gasteiger partial charge in [-0.3, -0.25) is 4.98 Å². The summed E-state index contributed by atoms with van der Waals surface area (Å²) in [4.78, 5) is 4.62. The van der Waals surface area contributed by atoms with E-state index in [0.29, 0.717) is 11.3 Å². The first-order chi connectivity index (χ1) is 9.19. The zero-order valence-electron chi connectivity index (χ0n) is 13.5. The molecule has 1 heteroatoms. The van der Waals surface area contributed by atoms with E-state index >= 15 is 0 Å². The smallest absolute Gasteiger partial charge is 0.0705 e. The summed E-state index contributed by atoms with van der Waals surface area (Å²) in [5, 5.41) is 0. The highest BCUT2D eigenvalue weighted by molar-refractivity contribution is 5.59. The van der Waals surface area contributed by atoms with Crippen LogP contribution in [0, 0.1) is 6.85 Å². The standard InChI is InChI=1S/C16H19N/c1-12-10-11-14(13-8-6-5-7-9-13)17-15(12)16(2,3)4/h5-11H,1-4H3/i1D3. The number of nitrogens with zero attached hydrogens (tertiary/aromatic N) is 1. The average molecular weight is 228 g/mol. The van der Waals surface area contributed by atoms with Gasteiger partial charge in [-0.1, -0.05) is 57.2 Å². The zero-order chi connectivity index (χ0) is 15.0. The molecule has 0 saturated heterocycles. The quantitative estimate of drug-likeness (QED) is 0.707. The van der Waals surface area contributed by atoms with Crippen LogP contribution < -0.4 is 0 Å². The van der Waals surface area contributed by atoms with Crippen LogP contribution in [0.4, 0.5) is 0 Å². The third-order valence-corrected chi connectivity index (χ3v) is 2.68. The summed E-state index contributed by atoms with van der Waals surface area (Å²) in [6.07, 6.45) is 0. The number of aryl methyl sites for hydroxylation is 1. The molecule has 1 aromatic carbocycles. The Kier molecular flexibility index (Phi) is 2.15. The van der Waals surface area contributed by atoms with Crippen molar-refractivity contribution in [3.63, 3.8) is 0 Å². The summed E-state index contributed by atoms with van der Waals surface area (Å²) in [5.74, 6) is 0. The highest BCUT2D eigenvalue weighted by atomic mass is 14.7. The molecule has 2 aromatic rings. The number of hydrogen-bond donors (Lipinski definition) is 0. The molecule has 1 nitrogen and oxygen atoms in total. The Hall–Kier alpha value is -1.63. The highest BCUT2D eigenvalue weighted by Gasteiger charge is 2.18. The van der Waals surface area contributed by atoms with Gasteiger partial charge in [-0.15, -0.1) is 0 Å². The first-order valence-corrected chi connectivity index (χ1v) is 5.77. The molecule has 0 N–H and O–H groups in total. The fourth-order valence-electron chi connectivity index (χ4n) is 1.80. The van der Waals surface area contributed by atoms with E-state index in [9.17, 15) is 0 Å². The highest BCUT2D eigenvalue weighted by Crippen LogP contribution is 2.26. The number of hydrogen-bond acceptors (Lipinski definition) is 1. The van der Waals surface area contributed by atoms with E-state index in [2.05, 4.69) is 4.98 Å². The van der Waals surface area contributed by atoms with E-state index in [1.165, 1.54) is 0 Å². The van der Waals surface area contributed by atoms with Crippen molar-refractivity contribution in [2.75, 3.05) is 0 Å². The molecule has 0 radical (unpaired) electrons. The molecule has 0 atom stereocenters. The van der Waals surface area contributed by atoms with Crippen molar-refractivity contribution >= 4 is 0 Å². The van der Waals surface area contributed by atoms with E-state index in [1.54, 1.807) is 12.1 Å². The Morgan fingerprint density at radius 2 is 1.71 bits per heavy atom. The van der Waals surface area contributed by atoms with Crippen molar-refractivity contribution in [2.45, 2.75) is 33.0 Å². The Labute approximate surface area is 108 Å². The summed E-state index contributed by atoms with van der Waals surface area (Å²) < 4.78 is 23.0. The first kappa shape index (κ1) is 8.46. The van der Waals surface area contributed by atoms with Crippen molar-refractivity contribution in [1.29, 1.82) is 0 Å². The van der Waals surface area contributed by atoms with Crippen molar-refractivity contribution in [3.05, 3.63) is 53.7 Å².